The van der Waals surface area contributed by atoms with Crippen molar-refractivity contribution in [2.24, 2.45) is 0 Å². The van der Waals surface area contributed by atoms with Crippen LogP contribution in [0.15, 0.2) is 35.7 Å². The van der Waals surface area contributed by atoms with Crippen LogP contribution in [0.4, 0.5) is 0 Å². The van der Waals surface area contributed by atoms with E-state index in [2.05, 4.69) is 17.1 Å². The van der Waals surface area contributed by atoms with Crippen molar-refractivity contribution >= 4 is 17.2 Å². The molecule has 0 radical (unpaired) electrons. The molecule has 23 heavy (non-hydrogen) atoms. The molecule has 2 aromatic rings. The van der Waals surface area contributed by atoms with E-state index < -0.39 is 0 Å². The van der Waals surface area contributed by atoms with E-state index in [1.807, 2.05) is 28.5 Å². The summed E-state index contributed by atoms with van der Waals surface area (Å²) in [6, 6.07) is 10.5. The van der Waals surface area contributed by atoms with Crippen molar-refractivity contribution in [3.8, 4) is 0 Å². The number of morpholine rings is 1. The Labute approximate surface area is 140 Å². The Balaban J connectivity index is 1.48. The van der Waals surface area contributed by atoms with Crippen molar-refractivity contribution in [3.05, 3.63) is 52.0 Å². The molecule has 2 heterocycles. The van der Waals surface area contributed by atoms with Crippen LogP contribution in [0.25, 0.3) is 0 Å². The summed E-state index contributed by atoms with van der Waals surface area (Å²) in [7, 11) is 0. The molecule has 4 nitrogen and oxygen atoms in total. The number of hydrogen-bond acceptors (Lipinski definition) is 4. The number of thiazole rings is 1. The molecule has 1 aliphatic carbocycles. The minimum atomic E-state index is 0.0701. The summed E-state index contributed by atoms with van der Waals surface area (Å²) in [6.07, 6.45) is 4.29. The van der Waals surface area contributed by atoms with Crippen molar-refractivity contribution in [2.45, 2.75) is 37.8 Å². The topological polar surface area (TPSA) is 42.4 Å². The zero-order chi connectivity index (χ0) is 15.6. The van der Waals surface area contributed by atoms with Gasteiger partial charge < -0.3 is 9.64 Å². The fourth-order valence-electron chi connectivity index (χ4n) is 3.59. The number of rotatable bonds is 3. The summed E-state index contributed by atoms with van der Waals surface area (Å²) < 4.78 is 5.79. The van der Waals surface area contributed by atoms with Crippen LogP contribution >= 0.6 is 11.3 Å². The molecule has 0 bridgehead atoms. The second-order valence-corrected chi connectivity index (χ2v) is 7.14. The summed E-state index contributed by atoms with van der Waals surface area (Å²) in [4.78, 5) is 19.4. The number of ether oxygens (including phenoxy) is 1. The molecule has 2 fully saturated rings. The first kappa shape index (κ1) is 14.8. The Morgan fingerprint density at radius 1 is 1.30 bits per heavy atom. The van der Waals surface area contributed by atoms with Crippen molar-refractivity contribution in [2.75, 3.05) is 13.2 Å². The molecule has 5 heteroatoms. The van der Waals surface area contributed by atoms with E-state index in [-0.39, 0.29) is 18.1 Å². The first-order chi connectivity index (χ1) is 11.3. The number of aromatic nitrogens is 1. The molecular weight excluding hydrogens is 308 g/mol. The lowest BCUT2D eigenvalue weighted by molar-refractivity contribution is -0.0447. The van der Waals surface area contributed by atoms with Crippen LogP contribution < -0.4 is 0 Å². The van der Waals surface area contributed by atoms with Crippen molar-refractivity contribution in [1.29, 1.82) is 0 Å². The number of carbonyl (C=O) groups excluding carboxylic acids is 1. The molecule has 4 rings (SSSR count). The van der Waals surface area contributed by atoms with E-state index in [9.17, 15) is 4.79 Å². The second-order valence-electron chi connectivity index (χ2n) is 6.19. The molecular formula is C18H20N2O2S. The van der Waals surface area contributed by atoms with Gasteiger partial charge in [-0.1, -0.05) is 30.3 Å². The highest BCUT2D eigenvalue weighted by Gasteiger charge is 2.39. The first-order valence-corrected chi connectivity index (χ1v) is 9.10. The minimum Gasteiger partial charge on any atom is -0.374 e. The summed E-state index contributed by atoms with van der Waals surface area (Å²) in [5.74, 6) is 0.0701. The smallest absolute Gasteiger partial charge is 0.273 e. The van der Waals surface area contributed by atoms with Crippen LogP contribution in [-0.2, 0) is 11.2 Å². The third-order valence-electron chi connectivity index (χ3n) is 4.71. The molecule has 1 amide bonds. The number of carbonyl (C=O) groups is 1. The van der Waals surface area contributed by atoms with Gasteiger partial charge in [0.1, 0.15) is 5.69 Å². The summed E-state index contributed by atoms with van der Waals surface area (Å²) in [6.45, 7) is 1.33. The Hall–Kier alpha value is -1.72. The largest absolute Gasteiger partial charge is 0.374 e. The van der Waals surface area contributed by atoms with Gasteiger partial charge in [-0.15, -0.1) is 11.3 Å². The normalized spacial score (nSPS) is 23.7. The Morgan fingerprint density at radius 3 is 3.04 bits per heavy atom. The molecule has 2 atom stereocenters. The molecule has 1 aliphatic heterocycles. The van der Waals surface area contributed by atoms with Crippen LogP contribution in [0.2, 0.25) is 0 Å². The van der Waals surface area contributed by atoms with E-state index in [0.29, 0.717) is 18.8 Å². The zero-order valence-corrected chi connectivity index (χ0v) is 13.8. The fraction of sp³-hybridized carbons (Fsp3) is 0.444. The number of fused-ring (bicyclic) bond motifs is 1. The van der Waals surface area contributed by atoms with Crippen LogP contribution in [0, 0.1) is 0 Å². The van der Waals surface area contributed by atoms with Crippen molar-refractivity contribution in [1.82, 2.24) is 9.88 Å². The fourth-order valence-corrected chi connectivity index (χ4v) is 4.39. The first-order valence-electron chi connectivity index (χ1n) is 8.22. The Morgan fingerprint density at radius 2 is 2.17 bits per heavy atom. The average Bonchev–Trinajstić information content (AvgIpc) is 3.24. The molecule has 0 spiro atoms. The third kappa shape index (κ3) is 3.03. The summed E-state index contributed by atoms with van der Waals surface area (Å²) in [5, 5.41) is 2.90. The molecule has 2 unspecified atom stereocenters. The predicted octanol–water partition coefficient (Wildman–Crippen LogP) is 3.13. The molecule has 1 saturated carbocycles. The lowest BCUT2D eigenvalue weighted by Crippen LogP contribution is -2.51. The number of amides is 1. The molecule has 0 N–H and O–H groups in total. The highest BCUT2D eigenvalue weighted by Crippen LogP contribution is 2.30. The third-order valence-corrected chi connectivity index (χ3v) is 5.56. The van der Waals surface area contributed by atoms with E-state index in [1.165, 1.54) is 5.56 Å². The van der Waals surface area contributed by atoms with Gasteiger partial charge in [0.2, 0.25) is 0 Å². The van der Waals surface area contributed by atoms with E-state index >= 15 is 0 Å². The van der Waals surface area contributed by atoms with Crippen molar-refractivity contribution < 1.29 is 9.53 Å². The molecule has 1 aromatic carbocycles. The van der Waals surface area contributed by atoms with E-state index in [0.717, 1.165) is 30.7 Å². The van der Waals surface area contributed by atoms with Crippen LogP contribution in [0.1, 0.15) is 40.3 Å². The van der Waals surface area contributed by atoms with E-state index in [4.69, 9.17) is 4.74 Å². The maximum atomic E-state index is 12.8. The van der Waals surface area contributed by atoms with E-state index in [1.54, 1.807) is 11.3 Å². The van der Waals surface area contributed by atoms with Gasteiger partial charge in [-0.05, 0) is 24.8 Å². The SMILES string of the molecule is O=C(c1csc(Cc2ccccc2)n1)N1CCOC2CCCC21. The summed E-state index contributed by atoms with van der Waals surface area (Å²) in [5.41, 5.74) is 1.82. The molecule has 120 valence electrons. The predicted molar refractivity (Wildman–Crippen MR) is 89.8 cm³/mol. The summed E-state index contributed by atoms with van der Waals surface area (Å²) >= 11 is 1.57. The minimum absolute atomic E-state index is 0.0701. The number of hydrogen-bond donors (Lipinski definition) is 0. The highest BCUT2D eigenvalue weighted by molar-refractivity contribution is 7.09. The maximum Gasteiger partial charge on any atom is 0.273 e. The molecule has 1 saturated heterocycles. The maximum absolute atomic E-state index is 12.8. The number of nitrogens with zero attached hydrogens (tertiary/aromatic N) is 2. The second kappa shape index (κ2) is 6.42. The standard InChI is InChI=1S/C18H20N2O2S/c21-18(20-9-10-22-16-8-4-7-15(16)20)14-12-23-17(19-14)11-13-5-2-1-3-6-13/h1-3,5-6,12,15-16H,4,7-11H2. The van der Waals surface area contributed by atoms with Gasteiger partial charge in [-0.25, -0.2) is 4.98 Å². The van der Waals surface area contributed by atoms with Gasteiger partial charge in [-0.2, -0.15) is 0 Å². The zero-order valence-electron chi connectivity index (χ0n) is 13.0. The van der Waals surface area contributed by atoms with Gasteiger partial charge in [0, 0.05) is 18.3 Å². The lowest BCUT2D eigenvalue weighted by Gasteiger charge is -2.37. The van der Waals surface area contributed by atoms with Gasteiger partial charge in [-0.3, -0.25) is 4.79 Å². The van der Waals surface area contributed by atoms with Gasteiger partial charge in [0.15, 0.2) is 0 Å². The van der Waals surface area contributed by atoms with Crippen LogP contribution in [0.3, 0.4) is 0 Å². The molecule has 2 aliphatic rings. The lowest BCUT2D eigenvalue weighted by atomic mass is 10.1. The quantitative estimate of drug-likeness (QED) is 0.869. The Bertz CT molecular complexity index is 685. The monoisotopic (exact) mass is 328 g/mol. The van der Waals surface area contributed by atoms with Crippen molar-refractivity contribution in [3.63, 3.8) is 0 Å². The van der Waals surface area contributed by atoms with Gasteiger partial charge in [0.25, 0.3) is 5.91 Å². The van der Waals surface area contributed by atoms with Crippen LogP contribution in [-0.4, -0.2) is 41.1 Å². The Kier molecular flexibility index (Phi) is 4.14. The van der Waals surface area contributed by atoms with Crippen LogP contribution in [0.5, 0.6) is 0 Å². The number of benzene rings is 1. The van der Waals surface area contributed by atoms with Gasteiger partial charge >= 0.3 is 0 Å². The molecule has 1 aromatic heterocycles. The average molecular weight is 328 g/mol. The highest BCUT2D eigenvalue weighted by atomic mass is 32.1. The van der Waals surface area contributed by atoms with Gasteiger partial charge in [0.05, 0.1) is 23.8 Å².